The molecule has 0 unspecified atom stereocenters. The average molecular weight is 357 g/mol. The summed E-state index contributed by atoms with van der Waals surface area (Å²) in [4.78, 5) is 0. The summed E-state index contributed by atoms with van der Waals surface area (Å²) in [7, 11) is 1.61. The topological polar surface area (TPSA) is 63.8 Å². The van der Waals surface area contributed by atoms with E-state index >= 15 is 0 Å². The Balaban J connectivity index is 1.57. The van der Waals surface area contributed by atoms with Crippen LogP contribution in [0.15, 0.2) is 49.0 Å². The molecule has 0 radical (unpaired) electrons. The third-order valence-corrected chi connectivity index (χ3v) is 3.78. The lowest BCUT2D eigenvalue weighted by Gasteiger charge is -2.20. The minimum Gasteiger partial charge on any atom is -0.495 e. The molecule has 0 aromatic heterocycles. The van der Waals surface area contributed by atoms with Crippen molar-refractivity contribution in [3.63, 3.8) is 0 Å². The van der Waals surface area contributed by atoms with Crippen LogP contribution in [-0.2, 0) is 0 Å². The first-order valence-electron chi connectivity index (χ1n) is 7.72. The summed E-state index contributed by atoms with van der Waals surface area (Å²) < 4.78 is 16.4. The van der Waals surface area contributed by atoms with Gasteiger partial charge in [0.25, 0.3) is 0 Å². The first-order valence-corrected chi connectivity index (χ1v) is 8.13. The standard InChI is InChI=1S/C18H19N3O3S/c1-12(13-7-8-16-17(11-13)24-10-9-23-16)20-21-18(25)19-14-5-3-4-6-15(14)22-2/h3-8,11,20H,1,9-10H2,2H3,(H2,19,21,25). The summed E-state index contributed by atoms with van der Waals surface area (Å²) in [6.07, 6.45) is 0. The van der Waals surface area contributed by atoms with Crippen LogP contribution in [0, 0.1) is 0 Å². The highest BCUT2D eigenvalue weighted by Crippen LogP contribution is 2.32. The monoisotopic (exact) mass is 357 g/mol. The van der Waals surface area contributed by atoms with E-state index in [9.17, 15) is 0 Å². The van der Waals surface area contributed by atoms with E-state index in [0.29, 0.717) is 35.5 Å². The van der Waals surface area contributed by atoms with Gasteiger partial charge in [-0.1, -0.05) is 18.7 Å². The fourth-order valence-corrected chi connectivity index (χ4v) is 2.50. The molecule has 0 saturated carbocycles. The summed E-state index contributed by atoms with van der Waals surface area (Å²) in [6.45, 7) is 5.11. The third kappa shape index (κ3) is 4.13. The van der Waals surface area contributed by atoms with Crippen LogP contribution in [0.2, 0.25) is 0 Å². The van der Waals surface area contributed by atoms with E-state index in [1.807, 2.05) is 42.5 Å². The maximum absolute atomic E-state index is 5.58. The van der Waals surface area contributed by atoms with E-state index in [-0.39, 0.29) is 0 Å². The first-order chi connectivity index (χ1) is 12.2. The molecule has 3 N–H and O–H groups in total. The Labute approximate surface area is 151 Å². The number of hydrazine groups is 1. The lowest BCUT2D eigenvalue weighted by Crippen LogP contribution is -2.38. The van der Waals surface area contributed by atoms with Gasteiger partial charge in [0.05, 0.1) is 18.5 Å². The molecule has 0 bridgehead atoms. The van der Waals surface area contributed by atoms with Crippen LogP contribution in [0.4, 0.5) is 5.69 Å². The summed E-state index contributed by atoms with van der Waals surface area (Å²) >= 11 is 5.28. The molecular weight excluding hydrogens is 338 g/mol. The molecule has 0 saturated heterocycles. The maximum atomic E-state index is 5.58. The predicted octanol–water partition coefficient (Wildman–Crippen LogP) is 2.93. The smallest absolute Gasteiger partial charge is 0.189 e. The fourth-order valence-electron chi connectivity index (χ4n) is 2.34. The normalized spacial score (nSPS) is 12.0. The van der Waals surface area contributed by atoms with Gasteiger partial charge >= 0.3 is 0 Å². The molecule has 1 aliphatic heterocycles. The molecule has 6 nitrogen and oxygen atoms in total. The van der Waals surface area contributed by atoms with Crippen molar-refractivity contribution >= 4 is 28.7 Å². The highest BCUT2D eigenvalue weighted by Gasteiger charge is 2.13. The van der Waals surface area contributed by atoms with E-state index < -0.39 is 0 Å². The third-order valence-electron chi connectivity index (χ3n) is 3.57. The largest absolute Gasteiger partial charge is 0.495 e. The first kappa shape index (κ1) is 16.9. The second kappa shape index (κ2) is 7.76. The zero-order chi connectivity index (χ0) is 17.6. The van der Waals surface area contributed by atoms with Crippen molar-refractivity contribution in [2.24, 2.45) is 0 Å². The molecule has 0 amide bonds. The lowest BCUT2D eigenvalue weighted by molar-refractivity contribution is 0.171. The van der Waals surface area contributed by atoms with Crippen LogP contribution in [0.1, 0.15) is 5.56 Å². The highest BCUT2D eigenvalue weighted by atomic mass is 32.1. The number of methoxy groups -OCH3 is 1. The van der Waals surface area contributed by atoms with Crippen molar-refractivity contribution in [1.82, 2.24) is 10.9 Å². The molecule has 0 aliphatic carbocycles. The highest BCUT2D eigenvalue weighted by molar-refractivity contribution is 7.80. The Hall–Kier alpha value is -2.93. The summed E-state index contributed by atoms with van der Waals surface area (Å²) in [5.41, 5.74) is 8.18. The van der Waals surface area contributed by atoms with E-state index in [4.69, 9.17) is 26.4 Å². The number of thiocarbonyl (C=S) groups is 1. The van der Waals surface area contributed by atoms with Crippen molar-refractivity contribution in [2.75, 3.05) is 25.6 Å². The van der Waals surface area contributed by atoms with Crippen molar-refractivity contribution < 1.29 is 14.2 Å². The van der Waals surface area contributed by atoms with Gasteiger partial charge in [-0.2, -0.15) is 0 Å². The van der Waals surface area contributed by atoms with Gasteiger partial charge in [0.15, 0.2) is 16.6 Å². The van der Waals surface area contributed by atoms with Crippen LogP contribution < -0.4 is 30.4 Å². The molecular formula is C18H19N3O3S. The number of fused-ring (bicyclic) bond motifs is 1. The predicted molar refractivity (Wildman–Crippen MR) is 102 cm³/mol. The fraction of sp³-hybridized carbons (Fsp3) is 0.167. The molecule has 130 valence electrons. The van der Waals surface area contributed by atoms with Crippen LogP contribution in [0.25, 0.3) is 5.70 Å². The van der Waals surface area contributed by atoms with Gasteiger partial charge in [-0.25, -0.2) is 0 Å². The van der Waals surface area contributed by atoms with Gasteiger partial charge in [-0.3, -0.25) is 10.9 Å². The second-order valence-electron chi connectivity index (χ2n) is 5.24. The van der Waals surface area contributed by atoms with Crippen LogP contribution in [0.3, 0.4) is 0 Å². The van der Waals surface area contributed by atoms with Gasteiger partial charge in [0.1, 0.15) is 19.0 Å². The van der Waals surface area contributed by atoms with Crippen LogP contribution >= 0.6 is 12.2 Å². The van der Waals surface area contributed by atoms with E-state index in [1.165, 1.54) is 0 Å². The molecule has 1 heterocycles. The Morgan fingerprint density at radius 3 is 2.64 bits per heavy atom. The van der Waals surface area contributed by atoms with Crippen molar-refractivity contribution in [1.29, 1.82) is 0 Å². The molecule has 7 heteroatoms. The SMILES string of the molecule is C=C(NNC(=S)Nc1ccccc1OC)c1ccc2c(c1)OCCO2. The average Bonchev–Trinajstić information content (AvgIpc) is 2.66. The van der Waals surface area contributed by atoms with Gasteiger partial charge in [-0.05, 0) is 42.5 Å². The zero-order valence-electron chi connectivity index (χ0n) is 13.8. The number of ether oxygens (including phenoxy) is 3. The number of anilines is 1. The van der Waals surface area contributed by atoms with Crippen molar-refractivity contribution in [3.8, 4) is 17.2 Å². The quantitative estimate of drug-likeness (QED) is 0.562. The van der Waals surface area contributed by atoms with E-state index in [2.05, 4.69) is 22.7 Å². The van der Waals surface area contributed by atoms with Gasteiger partial charge < -0.3 is 19.5 Å². The maximum Gasteiger partial charge on any atom is 0.189 e. The minimum atomic E-state index is 0.392. The molecule has 0 spiro atoms. The number of nitrogens with one attached hydrogen (secondary N) is 3. The number of benzene rings is 2. The lowest BCUT2D eigenvalue weighted by atomic mass is 10.1. The van der Waals surface area contributed by atoms with Crippen LogP contribution in [0.5, 0.6) is 17.2 Å². The number of para-hydroxylation sites is 2. The molecule has 1 aliphatic rings. The molecule has 0 atom stereocenters. The molecule has 0 fully saturated rings. The van der Waals surface area contributed by atoms with Gasteiger partial charge in [0, 0.05) is 5.56 Å². The van der Waals surface area contributed by atoms with E-state index in [0.717, 1.165) is 17.0 Å². The number of rotatable bonds is 5. The Kier molecular flexibility index (Phi) is 5.25. The summed E-state index contributed by atoms with van der Waals surface area (Å²) in [6, 6.07) is 13.2. The zero-order valence-corrected chi connectivity index (χ0v) is 14.6. The summed E-state index contributed by atoms with van der Waals surface area (Å²) in [5.74, 6) is 2.16. The Bertz CT molecular complexity index is 795. The molecule has 2 aromatic rings. The van der Waals surface area contributed by atoms with Crippen molar-refractivity contribution in [2.45, 2.75) is 0 Å². The molecule has 25 heavy (non-hydrogen) atoms. The van der Waals surface area contributed by atoms with Gasteiger partial charge in [-0.15, -0.1) is 0 Å². The minimum absolute atomic E-state index is 0.392. The molecule has 2 aromatic carbocycles. The summed E-state index contributed by atoms with van der Waals surface area (Å²) in [5, 5.41) is 3.46. The second-order valence-corrected chi connectivity index (χ2v) is 5.65. The van der Waals surface area contributed by atoms with Gasteiger partial charge in [0.2, 0.25) is 0 Å². The van der Waals surface area contributed by atoms with E-state index in [1.54, 1.807) is 7.11 Å². The Morgan fingerprint density at radius 1 is 1.08 bits per heavy atom. The van der Waals surface area contributed by atoms with Crippen molar-refractivity contribution in [3.05, 3.63) is 54.6 Å². The van der Waals surface area contributed by atoms with Crippen LogP contribution in [-0.4, -0.2) is 25.4 Å². The number of hydrogen-bond donors (Lipinski definition) is 3. The Morgan fingerprint density at radius 2 is 1.84 bits per heavy atom. The number of hydrogen-bond acceptors (Lipinski definition) is 5. The molecule has 3 rings (SSSR count).